The highest BCUT2D eigenvalue weighted by molar-refractivity contribution is 5.99. The predicted octanol–water partition coefficient (Wildman–Crippen LogP) is 1.21. The molecule has 0 fully saturated rings. The van der Waals surface area contributed by atoms with Gasteiger partial charge in [0.15, 0.2) is 5.78 Å². The highest BCUT2D eigenvalue weighted by Gasteiger charge is 2.16. The van der Waals surface area contributed by atoms with E-state index in [1.54, 1.807) is 29.2 Å². The van der Waals surface area contributed by atoms with Crippen molar-refractivity contribution in [2.24, 2.45) is 0 Å². The quantitative estimate of drug-likeness (QED) is 0.790. The molecule has 0 bridgehead atoms. The van der Waals surface area contributed by atoms with Crippen molar-refractivity contribution in [1.29, 1.82) is 0 Å². The number of likely N-dealkylation sites (N-methyl/N-ethyl adjacent to an activating group) is 1. The van der Waals surface area contributed by atoms with Gasteiger partial charge in [0, 0.05) is 12.1 Å². The summed E-state index contributed by atoms with van der Waals surface area (Å²) in [5.41, 5.74) is 0.557. The Labute approximate surface area is 96.1 Å². The minimum absolute atomic E-state index is 0. The fraction of sp³-hybridized carbons (Fsp3) is 0.364. The zero-order valence-electron chi connectivity index (χ0n) is 8.88. The Morgan fingerprint density at radius 2 is 1.87 bits per heavy atom. The average molecular weight is 230 g/mol. The maximum absolute atomic E-state index is 11.6. The molecule has 3 nitrogen and oxygen atoms in total. The van der Waals surface area contributed by atoms with Crippen molar-refractivity contribution in [2.75, 3.05) is 20.6 Å². The lowest BCUT2D eigenvalue weighted by atomic mass is 10.1. The van der Waals surface area contributed by atoms with Crippen molar-refractivity contribution in [3.63, 3.8) is 0 Å². The Kier molecular flexibility index (Phi) is 6.17. The van der Waals surface area contributed by atoms with E-state index in [-0.39, 0.29) is 18.2 Å². The number of aliphatic hydroxyl groups is 1. The first-order chi connectivity index (χ1) is 6.61. The molecule has 0 amide bonds. The maximum Gasteiger partial charge on any atom is 0.192 e. The molecule has 1 aromatic rings. The monoisotopic (exact) mass is 229 g/mol. The second kappa shape index (κ2) is 6.56. The van der Waals surface area contributed by atoms with E-state index in [4.69, 9.17) is 0 Å². The zero-order chi connectivity index (χ0) is 10.6. The molecule has 0 aliphatic rings. The SMILES string of the molecule is CN(C)CC(O)C(=O)c1ccccc1.Cl. The Morgan fingerprint density at radius 3 is 2.33 bits per heavy atom. The summed E-state index contributed by atoms with van der Waals surface area (Å²) in [5.74, 6) is -0.223. The van der Waals surface area contributed by atoms with Crippen LogP contribution in [0.2, 0.25) is 0 Å². The van der Waals surface area contributed by atoms with Crippen molar-refractivity contribution in [2.45, 2.75) is 6.10 Å². The van der Waals surface area contributed by atoms with Gasteiger partial charge in [0.1, 0.15) is 6.10 Å². The molecule has 0 radical (unpaired) electrons. The summed E-state index contributed by atoms with van der Waals surface area (Å²) in [6.45, 7) is 0.355. The molecule has 0 heterocycles. The van der Waals surface area contributed by atoms with Crippen LogP contribution in [0, 0.1) is 0 Å². The molecule has 1 unspecified atom stereocenters. The summed E-state index contributed by atoms with van der Waals surface area (Å²) in [6, 6.07) is 8.84. The Morgan fingerprint density at radius 1 is 1.33 bits per heavy atom. The molecule has 1 atom stereocenters. The topological polar surface area (TPSA) is 40.5 Å². The van der Waals surface area contributed by atoms with Crippen LogP contribution >= 0.6 is 12.4 Å². The van der Waals surface area contributed by atoms with Crippen molar-refractivity contribution >= 4 is 18.2 Å². The van der Waals surface area contributed by atoms with Gasteiger partial charge in [-0.3, -0.25) is 4.79 Å². The van der Waals surface area contributed by atoms with Gasteiger partial charge >= 0.3 is 0 Å². The number of carbonyl (C=O) groups excluding carboxylic acids is 1. The third kappa shape index (κ3) is 4.42. The summed E-state index contributed by atoms with van der Waals surface area (Å²) in [4.78, 5) is 13.4. The molecule has 84 valence electrons. The number of nitrogens with zero attached hydrogens (tertiary/aromatic N) is 1. The van der Waals surface area contributed by atoms with Crippen LogP contribution in [0.3, 0.4) is 0 Å². The molecule has 0 aliphatic heterocycles. The number of halogens is 1. The van der Waals surface area contributed by atoms with E-state index in [0.29, 0.717) is 12.1 Å². The highest BCUT2D eigenvalue weighted by Crippen LogP contribution is 2.03. The third-order valence-corrected chi connectivity index (χ3v) is 1.90. The number of aliphatic hydroxyl groups excluding tert-OH is 1. The molecule has 0 spiro atoms. The van der Waals surface area contributed by atoms with E-state index in [1.807, 2.05) is 20.2 Å². The van der Waals surface area contributed by atoms with Crippen molar-refractivity contribution in [1.82, 2.24) is 4.90 Å². The zero-order valence-corrected chi connectivity index (χ0v) is 9.70. The molecule has 0 saturated heterocycles. The van der Waals surface area contributed by atoms with Gasteiger partial charge in [-0.25, -0.2) is 0 Å². The smallest absolute Gasteiger partial charge is 0.192 e. The minimum atomic E-state index is -0.938. The van der Waals surface area contributed by atoms with E-state index in [9.17, 15) is 9.90 Å². The van der Waals surface area contributed by atoms with E-state index in [0.717, 1.165) is 0 Å². The number of hydrogen-bond donors (Lipinski definition) is 1. The summed E-state index contributed by atoms with van der Waals surface area (Å²) >= 11 is 0. The lowest BCUT2D eigenvalue weighted by molar-refractivity contribution is 0.0689. The second-order valence-electron chi connectivity index (χ2n) is 3.51. The number of carbonyl (C=O) groups is 1. The predicted molar refractivity (Wildman–Crippen MR) is 62.6 cm³/mol. The molecule has 1 aromatic carbocycles. The molecule has 0 aliphatic carbocycles. The van der Waals surface area contributed by atoms with E-state index >= 15 is 0 Å². The number of benzene rings is 1. The molecule has 1 rings (SSSR count). The van der Waals surface area contributed by atoms with Crippen LogP contribution in [0.5, 0.6) is 0 Å². The summed E-state index contributed by atoms with van der Waals surface area (Å²) in [5, 5.41) is 9.55. The van der Waals surface area contributed by atoms with Gasteiger partial charge < -0.3 is 10.0 Å². The van der Waals surface area contributed by atoms with Crippen LogP contribution in [0.1, 0.15) is 10.4 Å². The minimum Gasteiger partial charge on any atom is -0.384 e. The standard InChI is InChI=1S/C11H15NO2.ClH/c1-12(2)8-10(13)11(14)9-6-4-3-5-7-9;/h3-7,10,13H,8H2,1-2H3;1H. The fourth-order valence-electron chi connectivity index (χ4n) is 1.22. The van der Waals surface area contributed by atoms with Gasteiger partial charge in [-0.05, 0) is 14.1 Å². The molecule has 0 saturated carbocycles. The van der Waals surface area contributed by atoms with Crippen LogP contribution in [-0.4, -0.2) is 42.5 Å². The lowest BCUT2D eigenvalue weighted by Crippen LogP contribution is -2.32. The fourth-order valence-corrected chi connectivity index (χ4v) is 1.22. The largest absolute Gasteiger partial charge is 0.384 e. The van der Waals surface area contributed by atoms with Gasteiger partial charge in [0.05, 0.1) is 0 Å². The summed E-state index contributed by atoms with van der Waals surface area (Å²) in [7, 11) is 3.64. The van der Waals surface area contributed by atoms with Crippen molar-refractivity contribution in [3.05, 3.63) is 35.9 Å². The maximum atomic E-state index is 11.6. The van der Waals surface area contributed by atoms with E-state index in [2.05, 4.69) is 0 Å². The van der Waals surface area contributed by atoms with Gasteiger partial charge in [-0.15, -0.1) is 12.4 Å². The first-order valence-corrected chi connectivity index (χ1v) is 4.53. The third-order valence-electron chi connectivity index (χ3n) is 1.90. The summed E-state index contributed by atoms with van der Waals surface area (Å²) in [6.07, 6.45) is -0.938. The number of rotatable bonds is 4. The highest BCUT2D eigenvalue weighted by atomic mass is 35.5. The summed E-state index contributed by atoms with van der Waals surface area (Å²) < 4.78 is 0. The number of Topliss-reactive ketones (excluding diaryl/α,β-unsaturated/α-hetero) is 1. The van der Waals surface area contributed by atoms with Gasteiger partial charge in [0.2, 0.25) is 0 Å². The molecule has 15 heavy (non-hydrogen) atoms. The first kappa shape index (κ1) is 14.1. The van der Waals surface area contributed by atoms with Gasteiger partial charge in [-0.2, -0.15) is 0 Å². The van der Waals surface area contributed by atoms with Crippen LogP contribution in [0.4, 0.5) is 0 Å². The Balaban J connectivity index is 0.00000196. The normalized spacial score (nSPS) is 12.0. The molecule has 0 aromatic heterocycles. The van der Waals surface area contributed by atoms with Crippen LogP contribution in [-0.2, 0) is 0 Å². The molecular weight excluding hydrogens is 214 g/mol. The lowest BCUT2D eigenvalue weighted by Gasteiger charge is -2.14. The van der Waals surface area contributed by atoms with E-state index in [1.165, 1.54) is 0 Å². The van der Waals surface area contributed by atoms with Crippen LogP contribution < -0.4 is 0 Å². The number of ketones is 1. The van der Waals surface area contributed by atoms with Crippen LogP contribution in [0.15, 0.2) is 30.3 Å². The molecule has 4 heteroatoms. The molecular formula is C11H16ClNO2. The second-order valence-corrected chi connectivity index (χ2v) is 3.51. The average Bonchev–Trinajstić information content (AvgIpc) is 2.17. The van der Waals surface area contributed by atoms with Crippen molar-refractivity contribution < 1.29 is 9.90 Å². The Bertz CT molecular complexity index is 301. The van der Waals surface area contributed by atoms with Crippen molar-refractivity contribution in [3.8, 4) is 0 Å². The van der Waals surface area contributed by atoms with Gasteiger partial charge in [0.25, 0.3) is 0 Å². The van der Waals surface area contributed by atoms with E-state index < -0.39 is 6.10 Å². The van der Waals surface area contributed by atoms with Crippen LogP contribution in [0.25, 0.3) is 0 Å². The first-order valence-electron chi connectivity index (χ1n) is 4.53. The molecule has 1 N–H and O–H groups in total. The Hall–Kier alpha value is -0.900. The van der Waals surface area contributed by atoms with Gasteiger partial charge in [-0.1, -0.05) is 30.3 Å². The number of hydrogen-bond acceptors (Lipinski definition) is 3.